The van der Waals surface area contributed by atoms with Gasteiger partial charge in [-0.1, -0.05) is 23.9 Å². The molecule has 1 aliphatic rings. The van der Waals surface area contributed by atoms with Crippen molar-refractivity contribution in [2.24, 2.45) is 5.92 Å². The number of rotatable bonds is 6. The quantitative estimate of drug-likeness (QED) is 0.793. The van der Waals surface area contributed by atoms with E-state index < -0.39 is 23.7 Å². The average molecular weight is 301 g/mol. The summed E-state index contributed by atoms with van der Waals surface area (Å²) in [5, 5.41) is 11.5. The normalized spacial score (nSPS) is 15.9. The van der Waals surface area contributed by atoms with Gasteiger partial charge in [0.25, 0.3) is 11.7 Å². The third-order valence-corrected chi connectivity index (χ3v) is 3.78. The smallest absolute Gasteiger partial charge is 0.326 e. The summed E-state index contributed by atoms with van der Waals surface area (Å²) >= 11 is 0.271. The molecule has 0 saturated heterocycles. The highest BCUT2D eigenvalue weighted by Gasteiger charge is 2.37. The van der Waals surface area contributed by atoms with Crippen LogP contribution >= 0.6 is 11.8 Å². The standard InChI is InChI=1S/C13H13F2NO3S/c14-13(15)20-9-4-2-1-3-8(9)11(17)16-10(12(18)19)7-5-6-7/h1-4,7,10,13H,5-6H2,(H,16,17)(H,18,19). The minimum Gasteiger partial charge on any atom is -0.480 e. The zero-order valence-corrected chi connectivity index (χ0v) is 11.2. The first-order valence-corrected chi connectivity index (χ1v) is 6.94. The number of halogens is 2. The Morgan fingerprint density at radius 2 is 1.95 bits per heavy atom. The molecule has 1 atom stereocenters. The summed E-state index contributed by atoms with van der Waals surface area (Å²) < 4.78 is 24.9. The molecule has 20 heavy (non-hydrogen) atoms. The van der Waals surface area contributed by atoms with Crippen molar-refractivity contribution in [2.75, 3.05) is 0 Å². The molecule has 1 unspecified atom stereocenters. The topological polar surface area (TPSA) is 66.4 Å². The van der Waals surface area contributed by atoms with Crippen molar-refractivity contribution in [2.45, 2.75) is 29.5 Å². The molecule has 0 aliphatic heterocycles. The maximum absolute atomic E-state index is 12.4. The number of benzene rings is 1. The molecule has 0 spiro atoms. The molecule has 2 N–H and O–H groups in total. The van der Waals surface area contributed by atoms with E-state index in [0.29, 0.717) is 0 Å². The van der Waals surface area contributed by atoms with Gasteiger partial charge < -0.3 is 10.4 Å². The monoisotopic (exact) mass is 301 g/mol. The lowest BCUT2D eigenvalue weighted by Crippen LogP contribution is -2.42. The molecule has 1 amide bonds. The molecule has 0 bridgehead atoms. The van der Waals surface area contributed by atoms with Crippen LogP contribution in [0.5, 0.6) is 0 Å². The first-order valence-electron chi connectivity index (χ1n) is 6.06. The van der Waals surface area contributed by atoms with Gasteiger partial charge in [-0.05, 0) is 30.9 Å². The van der Waals surface area contributed by atoms with E-state index in [1.165, 1.54) is 12.1 Å². The number of carboxylic acids is 1. The Kier molecular flexibility index (Phi) is 4.59. The summed E-state index contributed by atoms with van der Waals surface area (Å²) in [6, 6.07) is 4.98. The highest BCUT2D eigenvalue weighted by atomic mass is 32.2. The van der Waals surface area contributed by atoms with Crippen molar-refractivity contribution in [1.29, 1.82) is 0 Å². The lowest BCUT2D eigenvalue weighted by atomic mass is 10.1. The number of carbonyl (C=O) groups is 2. The number of alkyl halides is 2. The minimum atomic E-state index is -2.64. The van der Waals surface area contributed by atoms with Gasteiger partial charge in [-0.2, -0.15) is 8.78 Å². The van der Waals surface area contributed by atoms with Gasteiger partial charge in [0.15, 0.2) is 0 Å². The second-order valence-corrected chi connectivity index (χ2v) is 5.53. The summed E-state index contributed by atoms with van der Waals surface area (Å²) in [6.07, 6.45) is 1.51. The molecule has 2 rings (SSSR count). The maximum Gasteiger partial charge on any atom is 0.326 e. The SMILES string of the molecule is O=C(NC(C(=O)O)C1CC1)c1ccccc1SC(F)F. The Labute approximate surface area is 118 Å². The largest absolute Gasteiger partial charge is 0.480 e. The van der Waals surface area contributed by atoms with Gasteiger partial charge in [0, 0.05) is 4.90 Å². The first kappa shape index (κ1) is 14.8. The number of hydrogen-bond acceptors (Lipinski definition) is 3. The summed E-state index contributed by atoms with van der Waals surface area (Å²) in [5.41, 5.74) is 0.0738. The summed E-state index contributed by atoms with van der Waals surface area (Å²) in [6.45, 7) is 0. The van der Waals surface area contributed by atoms with Gasteiger partial charge in [-0.3, -0.25) is 4.79 Å². The number of carbonyl (C=O) groups excluding carboxylic acids is 1. The molecule has 4 nitrogen and oxygen atoms in total. The molecule has 0 heterocycles. The van der Waals surface area contributed by atoms with Crippen LogP contribution in [0.1, 0.15) is 23.2 Å². The van der Waals surface area contributed by atoms with E-state index >= 15 is 0 Å². The molecule has 0 radical (unpaired) electrons. The van der Waals surface area contributed by atoms with E-state index in [9.17, 15) is 18.4 Å². The fourth-order valence-corrected chi connectivity index (χ4v) is 2.52. The van der Waals surface area contributed by atoms with E-state index in [4.69, 9.17) is 5.11 Å². The van der Waals surface area contributed by atoms with Gasteiger partial charge in [0.05, 0.1) is 5.56 Å². The van der Waals surface area contributed by atoms with Gasteiger partial charge >= 0.3 is 5.97 Å². The molecule has 1 aromatic rings. The van der Waals surface area contributed by atoms with Gasteiger partial charge in [-0.25, -0.2) is 4.79 Å². The van der Waals surface area contributed by atoms with Crippen LogP contribution < -0.4 is 5.32 Å². The van der Waals surface area contributed by atoms with Crippen LogP contribution in [0.15, 0.2) is 29.2 Å². The molecule has 7 heteroatoms. The molecule has 1 aliphatic carbocycles. The second-order valence-electron chi connectivity index (χ2n) is 4.50. The molecule has 1 saturated carbocycles. The number of aliphatic carboxylic acids is 1. The Bertz CT molecular complexity index is 520. The zero-order valence-electron chi connectivity index (χ0n) is 10.4. The molecule has 1 fully saturated rings. The lowest BCUT2D eigenvalue weighted by molar-refractivity contribution is -0.139. The molecule has 1 aromatic carbocycles. The number of hydrogen-bond donors (Lipinski definition) is 2. The van der Waals surface area contributed by atoms with Gasteiger partial charge in [0.2, 0.25) is 0 Å². The Hall–Kier alpha value is -1.63. The second kappa shape index (κ2) is 6.21. The lowest BCUT2D eigenvalue weighted by Gasteiger charge is -2.15. The van der Waals surface area contributed by atoms with Crippen LogP contribution in [-0.2, 0) is 4.79 Å². The minimum absolute atomic E-state index is 0.0636. The van der Waals surface area contributed by atoms with Crippen LogP contribution in [0, 0.1) is 5.92 Å². The maximum atomic E-state index is 12.4. The summed E-state index contributed by atoms with van der Waals surface area (Å²) in [7, 11) is 0. The molecule has 0 aromatic heterocycles. The van der Waals surface area contributed by atoms with Gasteiger partial charge in [-0.15, -0.1) is 0 Å². The molecule has 108 valence electrons. The van der Waals surface area contributed by atoms with Crippen molar-refractivity contribution in [3.63, 3.8) is 0 Å². The number of thioether (sulfide) groups is 1. The van der Waals surface area contributed by atoms with Crippen LogP contribution in [0.2, 0.25) is 0 Å². The number of carboxylic acid groups (broad SMARTS) is 1. The summed E-state index contributed by atoms with van der Waals surface area (Å²) in [5.74, 6) is -4.43. The van der Waals surface area contributed by atoms with Crippen molar-refractivity contribution < 1.29 is 23.5 Å². The Balaban J connectivity index is 2.14. The van der Waals surface area contributed by atoms with Crippen LogP contribution in [0.25, 0.3) is 0 Å². The zero-order chi connectivity index (χ0) is 14.7. The van der Waals surface area contributed by atoms with E-state index in [0.717, 1.165) is 12.8 Å². The number of amides is 1. The predicted molar refractivity (Wildman–Crippen MR) is 69.9 cm³/mol. The Morgan fingerprint density at radius 1 is 1.30 bits per heavy atom. The van der Waals surface area contributed by atoms with Gasteiger partial charge in [0.1, 0.15) is 6.04 Å². The van der Waals surface area contributed by atoms with Crippen molar-refractivity contribution in [1.82, 2.24) is 5.32 Å². The van der Waals surface area contributed by atoms with Crippen LogP contribution in [0.4, 0.5) is 8.78 Å². The highest BCUT2D eigenvalue weighted by Crippen LogP contribution is 2.33. The fourth-order valence-electron chi connectivity index (χ4n) is 1.88. The van der Waals surface area contributed by atoms with E-state index in [2.05, 4.69) is 5.32 Å². The van der Waals surface area contributed by atoms with Crippen LogP contribution in [-0.4, -0.2) is 28.8 Å². The third kappa shape index (κ3) is 3.69. The third-order valence-electron chi connectivity index (χ3n) is 2.99. The van der Waals surface area contributed by atoms with E-state index in [1.54, 1.807) is 12.1 Å². The fraction of sp³-hybridized carbons (Fsp3) is 0.385. The average Bonchev–Trinajstić information content (AvgIpc) is 3.19. The molecular formula is C13H13F2NO3S. The van der Waals surface area contributed by atoms with Crippen molar-refractivity contribution >= 4 is 23.6 Å². The Morgan fingerprint density at radius 3 is 2.50 bits per heavy atom. The van der Waals surface area contributed by atoms with Crippen molar-refractivity contribution in [3.05, 3.63) is 29.8 Å². The van der Waals surface area contributed by atoms with Crippen molar-refractivity contribution in [3.8, 4) is 0 Å². The number of nitrogens with one attached hydrogen (secondary N) is 1. The highest BCUT2D eigenvalue weighted by molar-refractivity contribution is 7.99. The van der Waals surface area contributed by atoms with E-state index in [-0.39, 0.29) is 28.1 Å². The molecular weight excluding hydrogens is 288 g/mol. The first-order chi connectivity index (χ1) is 9.49. The van der Waals surface area contributed by atoms with E-state index in [1.807, 2.05) is 0 Å². The predicted octanol–water partition coefficient (Wildman–Crippen LogP) is 2.59. The summed E-state index contributed by atoms with van der Waals surface area (Å²) in [4.78, 5) is 23.3. The van der Waals surface area contributed by atoms with Crippen LogP contribution in [0.3, 0.4) is 0 Å².